The van der Waals surface area contributed by atoms with Crippen molar-refractivity contribution in [1.29, 1.82) is 0 Å². The van der Waals surface area contributed by atoms with Gasteiger partial charge in [-0.2, -0.15) is 0 Å². The minimum Gasteiger partial charge on any atom is -0.372 e. The van der Waals surface area contributed by atoms with Crippen molar-refractivity contribution in [3.05, 3.63) is 85.0 Å². The Morgan fingerprint density at radius 3 is 2.59 bits per heavy atom. The molecule has 0 saturated carbocycles. The van der Waals surface area contributed by atoms with E-state index in [9.17, 15) is 20.2 Å². The summed E-state index contributed by atoms with van der Waals surface area (Å²) in [5.74, 6) is 0.226. The molecule has 1 N–H and O–H groups in total. The Labute approximate surface area is 156 Å². The average Bonchev–Trinajstić information content (AvgIpc) is 3.13. The first kappa shape index (κ1) is 17.2. The van der Waals surface area contributed by atoms with Gasteiger partial charge in [-0.1, -0.05) is 24.3 Å². The highest BCUT2D eigenvalue weighted by Crippen LogP contribution is 2.53. The molecule has 0 bridgehead atoms. The third-order valence-electron chi connectivity index (χ3n) is 5.79. The van der Waals surface area contributed by atoms with Gasteiger partial charge in [-0.25, -0.2) is 0 Å². The van der Waals surface area contributed by atoms with E-state index in [1.165, 1.54) is 6.07 Å². The zero-order valence-electron chi connectivity index (χ0n) is 15.0. The predicted octanol–water partition coefficient (Wildman–Crippen LogP) is 4.95. The number of rotatable bonds is 3. The van der Waals surface area contributed by atoms with Crippen molar-refractivity contribution in [3.63, 3.8) is 0 Å². The fourth-order valence-corrected chi connectivity index (χ4v) is 4.39. The van der Waals surface area contributed by atoms with Crippen LogP contribution in [0.25, 0.3) is 0 Å². The molecule has 2 aliphatic rings. The van der Waals surface area contributed by atoms with E-state index in [0.29, 0.717) is 5.69 Å². The fraction of sp³-hybridized carbons (Fsp3) is 0.300. The van der Waals surface area contributed by atoms with Gasteiger partial charge in [0.25, 0.3) is 11.4 Å². The highest BCUT2D eigenvalue weighted by atomic mass is 16.6. The first-order chi connectivity index (χ1) is 12.9. The monoisotopic (exact) mass is 365 g/mol. The number of benzene rings is 2. The van der Waals surface area contributed by atoms with E-state index in [2.05, 4.69) is 17.5 Å². The number of nitro groups is 2. The van der Waals surface area contributed by atoms with Crippen LogP contribution in [0.5, 0.6) is 0 Å². The van der Waals surface area contributed by atoms with Gasteiger partial charge in [0, 0.05) is 24.1 Å². The number of hydrogen-bond donors (Lipinski definition) is 1. The molecule has 138 valence electrons. The molecule has 3 atom stereocenters. The van der Waals surface area contributed by atoms with Gasteiger partial charge >= 0.3 is 0 Å². The van der Waals surface area contributed by atoms with E-state index in [1.54, 1.807) is 18.2 Å². The summed E-state index contributed by atoms with van der Waals surface area (Å²) in [4.78, 5) is 22.1. The van der Waals surface area contributed by atoms with Gasteiger partial charge in [-0.05, 0) is 48.4 Å². The summed E-state index contributed by atoms with van der Waals surface area (Å²) in [6, 6.07) is 7.91. The Kier molecular flexibility index (Phi) is 3.95. The smallest absolute Gasteiger partial charge is 0.292 e. The minimum absolute atomic E-state index is 0.0252. The number of fused-ring (bicyclic) bond motifs is 3. The maximum Gasteiger partial charge on any atom is 0.292 e. The van der Waals surface area contributed by atoms with Crippen LogP contribution in [0.1, 0.15) is 40.6 Å². The lowest BCUT2D eigenvalue weighted by Gasteiger charge is -2.38. The molecule has 0 aromatic heterocycles. The molecule has 2 aromatic carbocycles. The van der Waals surface area contributed by atoms with E-state index in [-0.39, 0.29) is 34.2 Å². The van der Waals surface area contributed by atoms with Gasteiger partial charge in [0.1, 0.15) is 5.69 Å². The maximum absolute atomic E-state index is 11.7. The minimum atomic E-state index is -0.416. The van der Waals surface area contributed by atoms with E-state index < -0.39 is 4.92 Å². The number of nitrogens with zero attached hydrogens (tertiary/aromatic N) is 2. The van der Waals surface area contributed by atoms with Crippen LogP contribution in [0.4, 0.5) is 17.1 Å². The molecule has 0 radical (unpaired) electrons. The van der Waals surface area contributed by atoms with Gasteiger partial charge in [0.05, 0.1) is 15.9 Å². The molecule has 7 nitrogen and oxygen atoms in total. The molecule has 4 rings (SSSR count). The summed E-state index contributed by atoms with van der Waals surface area (Å²) in [5, 5.41) is 26.2. The van der Waals surface area contributed by atoms with Crippen molar-refractivity contribution in [2.45, 2.75) is 32.2 Å². The normalized spacial score (nSPS) is 22.7. The number of allylic oxidation sites excluding steroid dienone is 2. The number of nitro benzene ring substituents is 2. The molecule has 1 heterocycles. The Morgan fingerprint density at radius 1 is 1.11 bits per heavy atom. The number of nitrogens with one attached hydrogen (secondary N) is 1. The zero-order valence-corrected chi connectivity index (χ0v) is 15.0. The number of anilines is 1. The fourth-order valence-electron chi connectivity index (χ4n) is 4.39. The molecular weight excluding hydrogens is 346 g/mol. The van der Waals surface area contributed by atoms with Crippen molar-refractivity contribution >= 4 is 17.1 Å². The predicted molar refractivity (Wildman–Crippen MR) is 102 cm³/mol. The number of aryl methyl sites for hydroxylation is 1. The summed E-state index contributed by atoms with van der Waals surface area (Å²) in [7, 11) is 0. The SMILES string of the molecule is Cc1cc([N+](=O)[O-])c2c(c1C)[C@@H]1C=CC[C@H]1[C@H](c1cccc([N+](=O)[O-])c1)N2. The van der Waals surface area contributed by atoms with Crippen LogP contribution in [-0.4, -0.2) is 9.85 Å². The van der Waals surface area contributed by atoms with Gasteiger partial charge < -0.3 is 5.32 Å². The summed E-state index contributed by atoms with van der Waals surface area (Å²) in [6.45, 7) is 3.89. The van der Waals surface area contributed by atoms with Gasteiger partial charge in [-0.3, -0.25) is 20.2 Å². The van der Waals surface area contributed by atoms with Gasteiger partial charge in [0.15, 0.2) is 0 Å². The molecule has 1 aliphatic carbocycles. The summed E-state index contributed by atoms with van der Waals surface area (Å²) in [6.07, 6.45) is 5.04. The van der Waals surface area contributed by atoms with Crippen LogP contribution >= 0.6 is 0 Å². The zero-order chi connectivity index (χ0) is 19.3. The second kappa shape index (κ2) is 6.19. The number of hydrogen-bond acceptors (Lipinski definition) is 5. The van der Waals surface area contributed by atoms with E-state index in [0.717, 1.165) is 28.7 Å². The Morgan fingerprint density at radius 2 is 1.89 bits per heavy atom. The molecule has 0 amide bonds. The van der Waals surface area contributed by atoms with Crippen LogP contribution in [0.2, 0.25) is 0 Å². The molecule has 2 aromatic rings. The van der Waals surface area contributed by atoms with Crippen molar-refractivity contribution in [1.82, 2.24) is 0 Å². The highest BCUT2D eigenvalue weighted by molar-refractivity contribution is 5.74. The summed E-state index contributed by atoms with van der Waals surface area (Å²) < 4.78 is 0. The third-order valence-corrected chi connectivity index (χ3v) is 5.79. The van der Waals surface area contributed by atoms with Crippen molar-refractivity contribution in [3.8, 4) is 0 Å². The first-order valence-electron chi connectivity index (χ1n) is 8.84. The molecule has 7 heteroatoms. The quantitative estimate of drug-likeness (QED) is 0.471. The number of non-ortho nitro benzene ring substituents is 1. The first-order valence-corrected chi connectivity index (χ1v) is 8.84. The van der Waals surface area contributed by atoms with Crippen molar-refractivity contribution < 1.29 is 9.85 Å². The summed E-state index contributed by atoms with van der Waals surface area (Å²) in [5.41, 5.74) is 4.33. The van der Waals surface area contributed by atoms with E-state index >= 15 is 0 Å². The van der Waals surface area contributed by atoms with Crippen LogP contribution in [0.15, 0.2) is 42.5 Å². The van der Waals surface area contributed by atoms with Gasteiger partial charge in [-0.15, -0.1) is 0 Å². The molecule has 0 spiro atoms. The van der Waals surface area contributed by atoms with E-state index in [4.69, 9.17) is 0 Å². The van der Waals surface area contributed by atoms with Crippen LogP contribution in [0.3, 0.4) is 0 Å². The van der Waals surface area contributed by atoms with Crippen LogP contribution in [-0.2, 0) is 0 Å². The molecule has 0 unspecified atom stereocenters. The second-order valence-electron chi connectivity index (χ2n) is 7.21. The lowest BCUT2D eigenvalue weighted by atomic mass is 9.74. The standard InChI is InChI=1S/C20H19N3O4/c1-11-9-17(23(26)27)20-18(12(11)2)15-7-4-8-16(15)19(21-20)13-5-3-6-14(10-13)22(24)25/h3-7,9-10,15-16,19,21H,8H2,1-2H3/t15-,16-,19+/m1/s1. The van der Waals surface area contributed by atoms with Crippen molar-refractivity contribution in [2.24, 2.45) is 5.92 Å². The lowest BCUT2D eigenvalue weighted by molar-refractivity contribution is -0.384. The average molecular weight is 365 g/mol. The molecule has 0 saturated heterocycles. The maximum atomic E-state index is 11.7. The van der Waals surface area contributed by atoms with Crippen molar-refractivity contribution in [2.75, 3.05) is 5.32 Å². The largest absolute Gasteiger partial charge is 0.372 e. The van der Waals surface area contributed by atoms with Gasteiger partial charge in [0.2, 0.25) is 0 Å². The molecule has 27 heavy (non-hydrogen) atoms. The molecule has 0 fully saturated rings. The second-order valence-corrected chi connectivity index (χ2v) is 7.21. The molecule has 1 aliphatic heterocycles. The lowest BCUT2D eigenvalue weighted by Crippen LogP contribution is -2.30. The third kappa shape index (κ3) is 2.66. The van der Waals surface area contributed by atoms with E-state index in [1.807, 2.05) is 19.9 Å². The van der Waals surface area contributed by atoms with Crippen LogP contribution < -0.4 is 5.32 Å². The topological polar surface area (TPSA) is 98.3 Å². The molecular formula is C20H19N3O4. The van der Waals surface area contributed by atoms with Crippen LogP contribution in [0, 0.1) is 40.0 Å². The Balaban J connectivity index is 1.89. The Bertz CT molecular complexity index is 999. The highest BCUT2D eigenvalue weighted by Gasteiger charge is 2.42. The summed E-state index contributed by atoms with van der Waals surface area (Å²) >= 11 is 0. The Hall–Kier alpha value is -3.22.